The standard InChI is InChI=1S/C12H15F2N/c1-9(10-5-4-6-10)12(13,14)11-7-2-3-8-15-11/h2-3,7-8,10-11,15H,1,4-6H2. The Morgan fingerprint density at radius 2 is 2.07 bits per heavy atom. The van der Waals surface area contributed by atoms with E-state index in [1.54, 1.807) is 18.4 Å². The maximum absolute atomic E-state index is 13.9. The zero-order valence-electron chi connectivity index (χ0n) is 8.55. The van der Waals surface area contributed by atoms with Gasteiger partial charge in [0.2, 0.25) is 0 Å². The summed E-state index contributed by atoms with van der Waals surface area (Å²) < 4.78 is 27.9. The van der Waals surface area contributed by atoms with Crippen LogP contribution in [0.5, 0.6) is 0 Å². The van der Waals surface area contributed by atoms with Gasteiger partial charge in [0.1, 0.15) is 6.04 Å². The summed E-state index contributed by atoms with van der Waals surface area (Å²) in [6.07, 6.45) is 9.16. The molecule has 2 aliphatic rings. The van der Waals surface area contributed by atoms with Crippen molar-refractivity contribution in [2.24, 2.45) is 5.92 Å². The Bertz CT molecular complexity index is 314. The van der Waals surface area contributed by atoms with Crippen molar-refractivity contribution in [3.8, 4) is 0 Å². The highest BCUT2D eigenvalue weighted by Crippen LogP contribution is 2.41. The van der Waals surface area contributed by atoms with E-state index in [1.807, 2.05) is 0 Å². The fraction of sp³-hybridized carbons (Fsp3) is 0.500. The van der Waals surface area contributed by atoms with Crippen molar-refractivity contribution in [2.75, 3.05) is 0 Å². The lowest BCUT2D eigenvalue weighted by molar-refractivity contribution is 0.00446. The number of hydrogen-bond acceptors (Lipinski definition) is 1. The average Bonchev–Trinajstić information content (AvgIpc) is 2.16. The summed E-state index contributed by atoms with van der Waals surface area (Å²) in [6.45, 7) is 3.58. The van der Waals surface area contributed by atoms with Crippen LogP contribution in [0.4, 0.5) is 8.78 Å². The Kier molecular flexibility index (Phi) is 2.63. The topological polar surface area (TPSA) is 12.0 Å². The van der Waals surface area contributed by atoms with Crippen molar-refractivity contribution in [3.63, 3.8) is 0 Å². The molecule has 0 aromatic heterocycles. The lowest BCUT2D eigenvalue weighted by Crippen LogP contribution is -2.45. The third-order valence-corrected chi connectivity index (χ3v) is 3.20. The zero-order chi connectivity index (χ0) is 10.9. The first-order valence-corrected chi connectivity index (χ1v) is 5.29. The van der Waals surface area contributed by atoms with Crippen LogP contribution < -0.4 is 5.32 Å². The largest absolute Gasteiger partial charge is 0.379 e. The van der Waals surface area contributed by atoms with Crippen LogP contribution in [0.1, 0.15) is 19.3 Å². The van der Waals surface area contributed by atoms with E-state index in [1.165, 1.54) is 6.08 Å². The lowest BCUT2D eigenvalue weighted by atomic mass is 9.76. The van der Waals surface area contributed by atoms with Gasteiger partial charge in [-0.25, -0.2) is 0 Å². The lowest BCUT2D eigenvalue weighted by Gasteiger charge is -2.35. The van der Waals surface area contributed by atoms with E-state index in [4.69, 9.17) is 0 Å². The number of dihydropyridines is 1. The van der Waals surface area contributed by atoms with Gasteiger partial charge in [0.15, 0.2) is 0 Å². The molecule has 0 aromatic rings. The van der Waals surface area contributed by atoms with E-state index in [2.05, 4.69) is 11.9 Å². The van der Waals surface area contributed by atoms with Gasteiger partial charge in [-0.05, 0) is 36.6 Å². The van der Waals surface area contributed by atoms with Gasteiger partial charge >= 0.3 is 0 Å². The molecule has 1 aliphatic carbocycles. The van der Waals surface area contributed by atoms with E-state index >= 15 is 0 Å². The molecule has 0 aromatic carbocycles. The van der Waals surface area contributed by atoms with Crippen molar-refractivity contribution in [1.29, 1.82) is 0 Å². The molecule has 1 atom stereocenters. The van der Waals surface area contributed by atoms with E-state index < -0.39 is 12.0 Å². The molecule has 1 fully saturated rings. The Morgan fingerprint density at radius 3 is 2.53 bits per heavy atom. The first kappa shape index (κ1) is 10.4. The van der Waals surface area contributed by atoms with Gasteiger partial charge < -0.3 is 5.32 Å². The highest BCUT2D eigenvalue weighted by molar-refractivity contribution is 5.25. The van der Waals surface area contributed by atoms with Gasteiger partial charge in [-0.1, -0.05) is 25.2 Å². The van der Waals surface area contributed by atoms with Crippen LogP contribution in [0.25, 0.3) is 0 Å². The summed E-state index contributed by atoms with van der Waals surface area (Å²) in [6, 6.07) is -0.935. The van der Waals surface area contributed by atoms with Gasteiger partial charge in [-0.2, -0.15) is 8.78 Å². The molecule has 1 heterocycles. The molecule has 0 amide bonds. The number of hydrogen-bond donors (Lipinski definition) is 1. The third kappa shape index (κ3) is 1.83. The van der Waals surface area contributed by atoms with Crippen LogP contribution in [-0.4, -0.2) is 12.0 Å². The molecule has 2 rings (SSSR count). The molecule has 0 radical (unpaired) electrons. The first-order valence-electron chi connectivity index (χ1n) is 5.29. The molecule has 0 bridgehead atoms. The van der Waals surface area contributed by atoms with E-state index in [0.717, 1.165) is 19.3 Å². The van der Waals surface area contributed by atoms with Crippen LogP contribution in [0.3, 0.4) is 0 Å². The van der Waals surface area contributed by atoms with E-state index in [9.17, 15) is 8.78 Å². The quantitative estimate of drug-likeness (QED) is 0.707. The number of nitrogens with one attached hydrogen (secondary N) is 1. The fourth-order valence-corrected chi connectivity index (χ4v) is 1.90. The zero-order valence-corrected chi connectivity index (χ0v) is 8.55. The molecule has 1 unspecified atom stereocenters. The van der Waals surface area contributed by atoms with Crippen molar-refractivity contribution in [3.05, 3.63) is 36.6 Å². The number of halogens is 2. The minimum absolute atomic E-state index is 0.0149. The highest BCUT2D eigenvalue weighted by atomic mass is 19.3. The van der Waals surface area contributed by atoms with E-state index in [-0.39, 0.29) is 11.5 Å². The molecule has 1 N–H and O–H groups in total. The molecule has 82 valence electrons. The van der Waals surface area contributed by atoms with Crippen LogP contribution in [0, 0.1) is 5.92 Å². The van der Waals surface area contributed by atoms with Crippen molar-refractivity contribution < 1.29 is 8.78 Å². The molecule has 15 heavy (non-hydrogen) atoms. The minimum atomic E-state index is -2.84. The third-order valence-electron chi connectivity index (χ3n) is 3.20. The smallest absolute Gasteiger partial charge is 0.292 e. The predicted octanol–water partition coefficient (Wildman–Crippen LogP) is 3.02. The summed E-state index contributed by atoms with van der Waals surface area (Å²) in [5.74, 6) is -2.83. The monoisotopic (exact) mass is 211 g/mol. The Hall–Kier alpha value is -1.12. The van der Waals surface area contributed by atoms with Gasteiger partial charge in [0, 0.05) is 0 Å². The molecule has 1 saturated carbocycles. The Labute approximate surface area is 88.6 Å². The molecule has 1 nitrogen and oxygen atoms in total. The molecule has 0 saturated heterocycles. The van der Waals surface area contributed by atoms with Crippen molar-refractivity contribution >= 4 is 0 Å². The van der Waals surface area contributed by atoms with Gasteiger partial charge in [0.25, 0.3) is 5.92 Å². The van der Waals surface area contributed by atoms with Crippen LogP contribution in [0.15, 0.2) is 36.6 Å². The molecular weight excluding hydrogens is 196 g/mol. The molecular formula is C12H15F2N. The first-order chi connectivity index (χ1) is 7.12. The highest BCUT2D eigenvalue weighted by Gasteiger charge is 2.44. The average molecular weight is 211 g/mol. The number of rotatable bonds is 3. The Balaban J connectivity index is 2.07. The number of alkyl halides is 2. The summed E-state index contributed by atoms with van der Waals surface area (Å²) in [5.41, 5.74) is 0.0891. The maximum atomic E-state index is 13.9. The van der Waals surface area contributed by atoms with Crippen molar-refractivity contribution in [2.45, 2.75) is 31.2 Å². The minimum Gasteiger partial charge on any atom is -0.379 e. The molecule has 3 heteroatoms. The summed E-state index contributed by atoms with van der Waals surface area (Å²) in [5, 5.41) is 2.67. The summed E-state index contributed by atoms with van der Waals surface area (Å²) in [7, 11) is 0. The van der Waals surface area contributed by atoms with Gasteiger partial charge in [0.05, 0.1) is 0 Å². The maximum Gasteiger partial charge on any atom is 0.292 e. The Morgan fingerprint density at radius 1 is 1.33 bits per heavy atom. The van der Waals surface area contributed by atoms with Crippen LogP contribution >= 0.6 is 0 Å². The van der Waals surface area contributed by atoms with Gasteiger partial charge in [-0.15, -0.1) is 0 Å². The number of allylic oxidation sites excluding steroid dienone is 2. The normalized spacial score (nSPS) is 25.9. The molecule has 1 aliphatic heterocycles. The van der Waals surface area contributed by atoms with Gasteiger partial charge in [-0.3, -0.25) is 0 Å². The predicted molar refractivity (Wildman–Crippen MR) is 56.6 cm³/mol. The SMILES string of the molecule is C=C(C1CCC1)C(F)(F)C1C=CC=CN1. The van der Waals surface area contributed by atoms with E-state index in [0.29, 0.717) is 0 Å². The summed E-state index contributed by atoms with van der Waals surface area (Å²) >= 11 is 0. The summed E-state index contributed by atoms with van der Waals surface area (Å²) in [4.78, 5) is 0. The second-order valence-electron chi connectivity index (χ2n) is 4.16. The van der Waals surface area contributed by atoms with Crippen LogP contribution in [0.2, 0.25) is 0 Å². The second kappa shape index (κ2) is 3.80. The molecule has 0 spiro atoms. The van der Waals surface area contributed by atoms with Crippen LogP contribution in [-0.2, 0) is 0 Å². The fourth-order valence-electron chi connectivity index (χ4n) is 1.90. The van der Waals surface area contributed by atoms with Crippen molar-refractivity contribution in [1.82, 2.24) is 5.32 Å². The second-order valence-corrected chi connectivity index (χ2v) is 4.16.